The Labute approximate surface area is 95.6 Å². The van der Waals surface area contributed by atoms with E-state index in [1.54, 1.807) is 4.90 Å². The average molecular weight is 225 g/mol. The molecule has 2 heterocycles. The minimum absolute atomic E-state index is 0.153. The van der Waals surface area contributed by atoms with Crippen LogP contribution in [0.25, 0.3) is 0 Å². The summed E-state index contributed by atoms with van der Waals surface area (Å²) >= 11 is 0. The summed E-state index contributed by atoms with van der Waals surface area (Å²) < 4.78 is 5.90. The Morgan fingerprint density at radius 3 is 2.75 bits per heavy atom. The number of amidine groups is 1. The van der Waals surface area contributed by atoms with E-state index in [1.165, 1.54) is 0 Å². The van der Waals surface area contributed by atoms with Crippen molar-refractivity contribution in [1.29, 1.82) is 0 Å². The van der Waals surface area contributed by atoms with Gasteiger partial charge in [-0.25, -0.2) is 4.79 Å². The lowest BCUT2D eigenvalue weighted by atomic mass is 9.98. The number of carbonyl (C=O) groups is 1. The fraction of sp³-hybridized carbons (Fsp3) is 0.818. The Kier molecular flexibility index (Phi) is 2.66. The van der Waals surface area contributed by atoms with Crippen LogP contribution in [0.4, 0.5) is 4.79 Å². The largest absolute Gasteiger partial charge is 0.387 e. The number of carbonyl (C=O) groups excluding carboxylic acids is 1. The molecular weight excluding hydrogens is 206 g/mol. The molecule has 90 valence electrons. The number of rotatable bonds is 1. The van der Waals surface area contributed by atoms with Crippen LogP contribution in [0.5, 0.6) is 0 Å². The first-order valence-electron chi connectivity index (χ1n) is 5.70. The summed E-state index contributed by atoms with van der Waals surface area (Å²) in [5.74, 6) is 0.764. The van der Waals surface area contributed by atoms with Gasteiger partial charge in [-0.3, -0.25) is 4.90 Å². The van der Waals surface area contributed by atoms with Crippen molar-refractivity contribution in [2.75, 3.05) is 6.54 Å². The van der Waals surface area contributed by atoms with Gasteiger partial charge in [0, 0.05) is 18.9 Å². The maximum absolute atomic E-state index is 11.7. The summed E-state index contributed by atoms with van der Waals surface area (Å²) in [5, 5.41) is 0. The SMILES string of the molecule is C[C@@H]1CC(C)(C)OC1N1CCC(N)=NC1=O. The Morgan fingerprint density at radius 2 is 2.25 bits per heavy atom. The number of nitrogens with two attached hydrogens (primary N) is 1. The van der Waals surface area contributed by atoms with E-state index in [-0.39, 0.29) is 17.9 Å². The van der Waals surface area contributed by atoms with Crippen molar-refractivity contribution >= 4 is 11.9 Å². The lowest BCUT2D eigenvalue weighted by molar-refractivity contribution is -0.0812. The van der Waals surface area contributed by atoms with Crippen molar-refractivity contribution in [2.45, 2.75) is 45.4 Å². The molecule has 2 N–H and O–H groups in total. The first kappa shape index (κ1) is 11.4. The highest BCUT2D eigenvalue weighted by atomic mass is 16.5. The van der Waals surface area contributed by atoms with E-state index in [0.717, 1.165) is 6.42 Å². The molecule has 0 saturated carbocycles. The smallest absolute Gasteiger partial charge is 0.347 e. The van der Waals surface area contributed by atoms with Crippen molar-refractivity contribution in [1.82, 2.24) is 4.90 Å². The van der Waals surface area contributed by atoms with Crippen LogP contribution in [0.2, 0.25) is 0 Å². The molecule has 2 amide bonds. The quantitative estimate of drug-likeness (QED) is 0.732. The zero-order valence-corrected chi connectivity index (χ0v) is 10.1. The van der Waals surface area contributed by atoms with Gasteiger partial charge in [0.05, 0.1) is 5.60 Å². The number of ether oxygens (including phenoxy) is 1. The number of amides is 2. The highest BCUT2D eigenvalue weighted by Crippen LogP contribution is 2.36. The second-order valence-electron chi connectivity index (χ2n) is 5.28. The topological polar surface area (TPSA) is 67.9 Å². The first-order valence-corrected chi connectivity index (χ1v) is 5.70. The average Bonchev–Trinajstić information content (AvgIpc) is 2.39. The third-order valence-corrected chi connectivity index (χ3v) is 3.14. The Morgan fingerprint density at radius 1 is 1.56 bits per heavy atom. The molecule has 0 bridgehead atoms. The highest BCUT2D eigenvalue weighted by Gasteiger charge is 2.43. The van der Waals surface area contributed by atoms with Crippen LogP contribution in [0, 0.1) is 5.92 Å². The normalized spacial score (nSPS) is 34.1. The maximum atomic E-state index is 11.7. The molecule has 2 aliphatic heterocycles. The molecule has 0 aromatic carbocycles. The molecule has 1 unspecified atom stereocenters. The van der Waals surface area contributed by atoms with Gasteiger partial charge in [-0.2, -0.15) is 4.99 Å². The minimum Gasteiger partial charge on any atom is -0.387 e. The van der Waals surface area contributed by atoms with Gasteiger partial charge in [0.25, 0.3) is 0 Å². The zero-order valence-electron chi connectivity index (χ0n) is 10.1. The summed E-state index contributed by atoms with van der Waals surface area (Å²) in [6, 6.07) is -0.265. The van der Waals surface area contributed by atoms with E-state index in [2.05, 4.69) is 25.8 Å². The third-order valence-electron chi connectivity index (χ3n) is 3.14. The van der Waals surface area contributed by atoms with Crippen molar-refractivity contribution in [2.24, 2.45) is 16.6 Å². The van der Waals surface area contributed by atoms with E-state index in [4.69, 9.17) is 10.5 Å². The lowest BCUT2D eigenvalue weighted by Crippen LogP contribution is -2.46. The number of aliphatic imine (C=N–C) groups is 1. The van der Waals surface area contributed by atoms with Crippen LogP contribution in [-0.2, 0) is 4.74 Å². The van der Waals surface area contributed by atoms with Gasteiger partial charge in [-0.1, -0.05) is 6.92 Å². The van der Waals surface area contributed by atoms with Gasteiger partial charge in [0.1, 0.15) is 12.1 Å². The van der Waals surface area contributed by atoms with Gasteiger partial charge in [0.2, 0.25) is 0 Å². The fourth-order valence-corrected chi connectivity index (χ4v) is 2.55. The summed E-state index contributed by atoms with van der Waals surface area (Å²) in [7, 11) is 0. The number of nitrogens with zero attached hydrogens (tertiary/aromatic N) is 2. The molecule has 1 fully saturated rings. The number of hydrogen-bond donors (Lipinski definition) is 1. The fourth-order valence-electron chi connectivity index (χ4n) is 2.55. The van der Waals surface area contributed by atoms with Crippen molar-refractivity contribution in [3.05, 3.63) is 0 Å². The summed E-state index contributed by atoms with van der Waals surface area (Å²) in [6.07, 6.45) is 1.44. The van der Waals surface area contributed by atoms with Gasteiger partial charge in [0.15, 0.2) is 0 Å². The second-order valence-corrected chi connectivity index (χ2v) is 5.28. The lowest BCUT2D eigenvalue weighted by Gasteiger charge is -2.32. The molecule has 1 saturated heterocycles. The van der Waals surface area contributed by atoms with Crippen LogP contribution in [0.1, 0.15) is 33.6 Å². The third kappa shape index (κ3) is 2.04. The van der Waals surface area contributed by atoms with E-state index in [1.807, 2.05) is 0 Å². The molecule has 0 aromatic heterocycles. The van der Waals surface area contributed by atoms with Crippen LogP contribution in [0.3, 0.4) is 0 Å². The van der Waals surface area contributed by atoms with Crippen LogP contribution >= 0.6 is 0 Å². The van der Waals surface area contributed by atoms with Crippen molar-refractivity contribution in [3.8, 4) is 0 Å². The molecule has 0 aromatic rings. The molecule has 16 heavy (non-hydrogen) atoms. The molecule has 2 atom stereocenters. The molecular formula is C11H19N3O2. The van der Waals surface area contributed by atoms with Gasteiger partial charge >= 0.3 is 6.03 Å². The van der Waals surface area contributed by atoms with Gasteiger partial charge < -0.3 is 10.5 Å². The van der Waals surface area contributed by atoms with Crippen LogP contribution in [-0.4, -0.2) is 35.1 Å². The van der Waals surface area contributed by atoms with E-state index < -0.39 is 0 Å². The van der Waals surface area contributed by atoms with Gasteiger partial charge in [-0.05, 0) is 20.3 Å². The molecule has 5 heteroatoms. The minimum atomic E-state index is -0.265. The summed E-state index contributed by atoms with van der Waals surface area (Å²) in [6.45, 7) is 6.82. The predicted molar refractivity (Wildman–Crippen MR) is 61.1 cm³/mol. The van der Waals surface area contributed by atoms with Crippen LogP contribution in [0.15, 0.2) is 4.99 Å². The molecule has 2 aliphatic rings. The predicted octanol–water partition coefficient (Wildman–Crippen LogP) is 1.33. The summed E-state index contributed by atoms with van der Waals surface area (Å²) in [5.41, 5.74) is 5.38. The zero-order chi connectivity index (χ0) is 11.9. The van der Waals surface area contributed by atoms with Crippen molar-refractivity contribution in [3.63, 3.8) is 0 Å². The molecule has 5 nitrogen and oxygen atoms in total. The summed E-state index contributed by atoms with van der Waals surface area (Å²) in [4.78, 5) is 17.2. The molecule has 0 radical (unpaired) electrons. The first-order chi connectivity index (χ1) is 7.39. The van der Waals surface area contributed by atoms with E-state index >= 15 is 0 Å². The number of hydrogen-bond acceptors (Lipinski definition) is 3. The van der Waals surface area contributed by atoms with Gasteiger partial charge in [-0.15, -0.1) is 0 Å². The van der Waals surface area contributed by atoms with Crippen LogP contribution < -0.4 is 5.73 Å². The standard InChI is InChI=1S/C11H19N3O2/c1-7-6-11(2,3)16-9(7)14-5-4-8(12)13-10(14)15/h7,9H,4-6H2,1-3H3,(H2,12,13,15)/t7-,9?/m1/s1. The Hall–Kier alpha value is -1.10. The second kappa shape index (κ2) is 3.73. The van der Waals surface area contributed by atoms with Crippen molar-refractivity contribution < 1.29 is 9.53 Å². The molecule has 2 rings (SSSR count). The highest BCUT2D eigenvalue weighted by molar-refractivity contribution is 5.95. The Balaban J connectivity index is 2.12. The Bertz CT molecular complexity index is 338. The molecule has 0 aliphatic carbocycles. The maximum Gasteiger partial charge on any atom is 0.347 e. The number of urea groups is 1. The van der Waals surface area contributed by atoms with E-state index in [9.17, 15) is 4.79 Å². The molecule has 0 spiro atoms. The monoisotopic (exact) mass is 225 g/mol. The van der Waals surface area contributed by atoms with E-state index in [0.29, 0.717) is 24.7 Å².